The highest BCUT2D eigenvalue weighted by Crippen LogP contribution is 2.15. The highest BCUT2D eigenvalue weighted by atomic mass is 16.5. The predicted octanol–water partition coefficient (Wildman–Crippen LogP) is 2.33. The lowest BCUT2D eigenvalue weighted by atomic mass is 10.0. The van der Waals surface area contributed by atoms with Crippen molar-refractivity contribution >= 4 is 23.4 Å². The molecule has 0 aliphatic heterocycles. The lowest BCUT2D eigenvalue weighted by Gasteiger charge is -2.22. The maximum atomic E-state index is 12.4. The largest absolute Gasteiger partial charge is 0.494 e. The Bertz CT molecular complexity index is 627. The van der Waals surface area contributed by atoms with Crippen molar-refractivity contribution in [3.8, 4) is 5.75 Å². The van der Waals surface area contributed by atoms with Crippen molar-refractivity contribution in [1.82, 2.24) is 10.6 Å². The molecule has 0 radical (unpaired) electrons. The first-order chi connectivity index (χ1) is 12.7. The molecule has 0 spiro atoms. The summed E-state index contributed by atoms with van der Waals surface area (Å²) in [6, 6.07) is 6.31. The number of ether oxygens (including phenoxy) is 1. The summed E-state index contributed by atoms with van der Waals surface area (Å²) in [5.74, 6) is -0.0399. The third-order valence-corrected chi connectivity index (χ3v) is 3.73. The van der Waals surface area contributed by atoms with Crippen molar-refractivity contribution in [3.05, 3.63) is 24.3 Å². The molecule has 3 N–H and O–H groups in total. The van der Waals surface area contributed by atoms with Crippen LogP contribution in [0.15, 0.2) is 24.3 Å². The van der Waals surface area contributed by atoms with Gasteiger partial charge in [0.1, 0.15) is 11.8 Å². The van der Waals surface area contributed by atoms with Gasteiger partial charge in [-0.25, -0.2) is 0 Å². The van der Waals surface area contributed by atoms with Crippen LogP contribution in [0, 0.1) is 11.8 Å². The molecular weight excluding hydrogens is 346 g/mol. The minimum atomic E-state index is -0.672. The second-order valence-corrected chi connectivity index (χ2v) is 7.11. The van der Waals surface area contributed by atoms with E-state index in [1.807, 2.05) is 34.6 Å². The third-order valence-electron chi connectivity index (χ3n) is 3.73. The highest BCUT2D eigenvalue weighted by Gasteiger charge is 2.24. The molecule has 1 aromatic carbocycles. The number of amides is 3. The zero-order chi connectivity index (χ0) is 20.4. The number of rotatable bonds is 10. The number of nitrogens with one attached hydrogen (secondary N) is 3. The summed E-state index contributed by atoms with van der Waals surface area (Å²) >= 11 is 0. The molecule has 1 aromatic rings. The molecule has 0 saturated carbocycles. The number of carbonyl (C=O) groups is 3. The minimum absolute atomic E-state index is 0.0877. The van der Waals surface area contributed by atoms with Crippen molar-refractivity contribution in [2.75, 3.05) is 18.5 Å². The van der Waals surface area contributed by atoms with Gasteiger partial charge < -0.3 is 20.7 Å². The summed E-state index contributed by atoms with van der Waals surface area (Å²) in [6.45, 7) is 9.87. The SMILES string of the molecule is CCOc1ccc(NC(=O)CNC(=O)C(NC(=O)CC(C)C)C(C)C)cc1. The Morgan fingerprint density at radius 3 is 2.15 bits per heavy atom. The van der Waals surface area contributed by atoms with Crippen molar-refractivity contribution in [1.29, 1.82) is 0 Å². The average molecular weight is 377 g/mol. The van der Waals surface area contributed by atoms with Crippen LogP contribution in [0.5, 0.6) is 5.75 Å². The molecule has 1 unspecified atom stereocenters. The van der Waals surface area contributed by atoms with Crippen molar-refractivity contribution in [2.45, 2.75) is 47.1 Å². The summed E-state index contributed by atoms with van der Waals surface area (Å²) in [6.07, 6.45) is 0.356. The van der Waals surface area contributed by atoms with E-state index in [0.717, 1.165) is 5.75 Å². The monoisotopic (exact) mass is 377 g/mol. The van der Waals surface area contributed by atoms with Crippen LogP contribution in [0.2, 0.25) is 0 Å². The van der Waals surface area contributed by atoms with Crippen LogP contribution in [-0.2, 0) is 14.4 Å². The van der Waals surface area contributed by atoms with Crippen LogP contribution in [0.4, 0.5) is 5.69 Å². The summed E-state index contributed by atoms with van der Waals surface area (Å²) in [7, 11) is 0. The Labute approximate surface area is 161 Å². The van der Waals surface area contributed by atoms with Crippen LogP contribution in [-0.4, -0.2) is 36.9 Å². The lowest BCUT2D eigenvalue weighted by Crippen LogP contribution is -2.51. The van der Waals surface area contributed by atoms with E-state index < -0.39 is 6.04 Å². The van der Waals surface area contributed by atoms with Gasteiger partial charge in [-0.3, -0.25) is 14.4 Å². The predicted molar refractivity (Wildman–Crippen MR) is 105 cm³/mol. The molecule has 27 heavy (non-hydrogen) atoms. The molecule has 0 aliphatic carbocycles. The number of hydrogen-bond acceptors (Lipinski definition) is 4. The molecule has 0 aliphatic rings. The standard InChI is InChI=1S/C20H31N3O4/c1-6-27-16-9-7-15(8-10-16)22-18(25)12-21-20(26)19(14(4)5)23-17(24)11-13(2)3/h7-10,13-14,19H,6,11-12H2,1-5H3,(H,21,26)(H,22,25)(H,23,24). The quantitative estimate of drug-likeness (QED) is 0.583. The van der Waals surface area contributed by atoms with Crippen LogP contribution < -0.4 is 20.7 Å². The molecule has 0 fully saturated rings. The summed E-state index contributed by atoms with van der Waals surface area (Å²) in [4.78, 5) is 36.3. The Balaban J connectivity index is 2.51. The van der Waals surface area contributed by atoms with Crippen LogP contribution in [0.25, 0.3) is 0 Å². The van der Waals surface area contributed by atoms with E-state index in [9.17, 15) is 14.4 Å². The van der Waals surface area contributed by atoms with Gasteiger partial charge in [-0.1, -0.05) is 27.7 Å². The van der Waals surface area contributed by atoms with Gasteiger partial charge in [-0.2, -0.15) is 0 Å². The molecule has 3 amide bonds. The summed E-state index contributed by atoms with van der Waals surface area (Å²) < 4.78 is 5.34. The molecule has 0 aromatic heterocycles. The summed E-state index contributed by atoms with van der Waals surface area (Å²) in [5.41, 5.74) is 0.614. The van der Waals surface area contributed by atoms with Gasteiger partial charge in [0.15, 0.2) is 0 Å². The molecule has 150 valence electrons. The van der Waals surface area contributed by atoms with E-state index >= 15 is 0 Å². The Hall–Kier alpha value is -2.57. The second kappa shape index (κ2) is 11.2. The van der Waals surface area contributed by atoms with Gasteiger partial charge in [-0.15, -0.1) is 0 Å². The molecule has 1 rings (SSSR count). The average Bonchev–Trinajstić information content (AvgIpc) is 2.58. The minimum Gasteiger partial charge on any atom is -0.494 e. The van der Waals surface area contributed by atoms with Crippen LogP contribution in [0.1, 0.15) is 41.0 Å². The second-order valence-electron chi connectivity index (χ2n) is 7.11. The smallest absolute Gasteiger partial charge is 0.243 e. The van der Waals surface area contributed by atoms with Gasteiger partial charge >= 0.3 is 0 Å². The Kier molecular flexibility index (Phi) is 9.33. The number of hydrogen-bond donors (Lipinski definition) is 3. The van der Waals surface area contributed by atoms with E-state index in [1.54, 1.807) is 24.3 Å². The molecule has 0 saturated heterocycles. The van der Waals surface area contributed by atoms with Gasteiger partial charge in [0.05, 0.1) is 13.2 Å². The number of anilines is 1. The first kappa shape index (κ1) is 22.5. The first-order valence-corrected chi connectivity index (χ1v) is 9.32. The van der Waals surface area contributed by atoms with Crippen molar-refractivity contribution < 1.29 is 19.1 Å². The normalized spacial score (nSPS) is 11.8. The van der Waals surface area contributed by atoms with Crippen LogP contribution >= 0.6 is 0 Å². The van der Waals surface area contributed by atoms with Gasteiger partial charge in [0.2, 0.25) is 17.7 Å². The van der Waals surface area contributed by atoms with E-state index in [-0.39, 0.29) is 36.1 Å². The van der Waals surface area contributed by atoms with Gasteiger partial charge in [-0.05, 0) is 43.0 Å². The van der Waals surface area contributed by atoms with E-state index in [2.05, 4.69) is 16.0 Å². The van der Waals surface area contributed by atoms with E-state index in [0.29, 0.717) is 18.7 Å². The fourth-order valence-corrected chi connectivity index (χ4v) is 2.42. The zero-order valence-corrected chi connectivity index (χ0v) is 16.8. The molecular formula is C20H31N3O4. The Morgan fingerprint density at radius 1 is 1.00 bits per heavy atom. The summed E-state index contributed by atoms with van der Waals surface area (Å²) in [5, 5.41) is 8.03. The molecule has 7 nitrogen and oxygen atoms in total. The number of benzene rings is 1. The molecule has 7 heteroatoms. The van der Waals surface area contributed by atoms with Gasteiger partial charge in [0.25, 0.3) is 0 Å². The number of carbonyl (C=O) groups excluding carboxylic acids is 3. The maximum Gasteiger partial charge on any atom is 0.243 e. The van der Waals surface area contributed by atoms with Gasteiger partial charge in [0, 0.05) is 12.1 Å². The molecule has 0 heterocycles. The lowest BCUT2D eigenvalue weighted by molar-refractivity contribution is -0.131. The molecule has 0 bridgehead atoms. The fraction of sp³-hybridized carbons (Fsp3) is 0.550. The van der Waals surface area contributed by atoms with Crippen LogP contribution in [0.3, 0.4) is 0 Å². The fourth-order valence-electron chi connectivity index (χ4n) is 2.42. The van der Waals surface area contributed by atoms with E-state index in [1.165, 1.54) is 0 Å². The highest BCUT2D eigenvalue weighted by molar-refractivity contribution is 5.96. The molecule has 1 atom stereocenters. The topological polar surface area (TPSA) is 96.5 Å². The Morgan fingerprint density at radius 2 is 1.63 bits per heavy atom. The maximum absolute atomic E-state index is 12.4. The van der Waals surface area contributed by atoms with E-state index in [4.69, 9.17) is 4.74 Å². The zero-order valence-electron chi connectivity index (χ0n) is 16.8. The first-order valence-electron chi connectivity index (χ1n) is 9.32. The van der Waals surface area contributed by atoms with Crippen molar-refractivity contribution in [3.63, 3.8) is 0 Å². The van der Waals surface area contributed by atoms with Crippen molar-refractivity contribution in [2.24, 2.45) is 11.8 Å². The third kappa shape index (κ3) is 8.57.